The summed E-state index contributed by atoms with van der Waals surface area (Å²) in [5.74, 6) is -0.354. The minimum atomic E-state index is -0.354. The van der Waals surface area contributed by atoms with Crippen molar-refractivity contribution in [1.82, 2.24) is 10.4 Å². The van der Waals surface area contributed by atoms with Crippen molar-refractivity contribution < 1.29 is 4.79 Å². The Morgan fingerprint density at radius 2 is 1.95 bits per heavy atom. The van der Waals surface area contributed by atoms with Gasteiger partial charge in [0.05, 0.1) is 21.8 Å². The second kappa shape index (κ2) is 6.31. The van der Waals surface area contributed by atoms with E-state index in [0.717, 1.165) is 0 Å². The molecule has 0 aliphatic heterocycles. The summed E-state index contributed by atoms with van der Waals surface area (Å²) >= 11 is 11.9. The van der Waals surface area contributed by atoms with Gasteiger partial charge in [-0.05, 0) is 24.3 Å². The zero-order valence-electron chi connectivity index (χ0n) is 9.68. The summed E-state index contributed by atoms with van der Waals surface area (Å²) in [5.41, 5.74) is 3.35. The zero-order valence-corrected chi connectivity index (χ0v) is 11.2. The molecule has 1 heterocycles. The van der Waals surface area contributed by atoms with Gasteiger partial charge in [-0.3, -0.25) is 9.78 Å². The molecule has 4 nitrogen and oxygen atoms in total. The lowest BCUT2D eigenvalue weighted by Crippen LogP contribution is -2.17. The Bertz CT molecular complexity index is 594. The molecule has 2 aromatic rings. The van der Waals surface area contributed by atoms with Crippen LogP contribution in [0.15, 0.2) is 47.8 Å². The number of hydrazone groups is 1. The first-order chi connectivity index (χ1) is 9.18. The van der Waals surface area contributed by atoms with Gasteiger partial charge in [-0.25, -0.2) is 5.43 Å². The van der Waals surface area contributed by atoms with Gasteiger partial charge in [0.2, 0.25) is 0 Å². The van der Waals surface area contributed by atoms with Crippen LogP contribution in [-0.2, 0) is 0 Å². The Kier molecular flexibility index (Phi) is 4.49. The highest BCUT2D eigenvalue weighted by Gasteiger charge is 2.04. The number of rotatable bonds is 3. The van der Waals surface area contributed by atoms with Crippen LogP contribution >= 0.6 is 23.2 Å². The molecule has 96 valence electrons. The van der Waals surface area contributed by atoms with E-state index in [0.29, 0.717) is 21.2 Å². The standard InChI is InChI=1S/C13H9Cl2N3O/c14-11-4-1-5-12(15)10(11)8-17-18-13(19)9-3-2-6-16-7-9/h1-8H,(H,18,19)/b17-8+. The Morgan fingerprint density at radius 1 is 1.21 bits per heavy atom. The summed E-state index contributed by atoms with van der Waals surface area (Å²) in [5, 5.41) is 4.75. The first kappa shape index (κ1) is 13.5. The van der Waals surface area contributed by atoms with E-state index in [2.05, 4.69) is 15.5 Å². The number of aromatic nitrogens is 1. The van der Waals surface area contributed by atoms with Crippen molar-refractivity contribution in [1.29, 1.82) is 0 Å². The minimum Gasteiger partial charge on any atom is -0.267 e. The first-order valence-electron chi connectivity index (χ1n) is 5.36. The summed E-state index contributed by atoms with van der Waals surface area (Å²) < 4.78 is 0. The van der Waals surface area contributed by atoms with E-state index in [1.165, 1.54) is 12.4 Å². The molecule has 1 N–H and O–H groups in total. The lowest BCUT2D eigenvalue weighted by atomic mass is 10.2. The first-order valence-corrected chi connectivity index (χ1v) is 6.11. The van der Waals surface area contributed by atoms with Crippen LogP contribution in [0, 0.1) is 0 Å². The molecule has 19 heavy (non-hydrogen) atoms. The van der Waals surface area contributed by atoms with Gasteiger partial charge in [0, 0.05) is 18.0 Å². The van der Waals surface area contributed by atoms with Crippen LogP contribution in [0.1, 0.15) is 15.9 Å². The van der Waals surface area contributed by atoms with Crippen molar-refractivity contribution in [2.24, 2.45) is 5.10 Å². The number of carbonyl (C=O) groups excluding carboxylic acids is 1. The molecule has 0 aliphatic rings. The van der Waals surface area contributed by atoms with E-state index in [1.54, 1.807) is 36.5 Å². The third-order valence-electron chi connectivity index (χ3n) is 2.28. The molecule has 0 fully saturated rings. The number of nitrogens with one attached hydrogen (secondary N) is 1. The molecule has 0 bridgehead atoms. The van der Waals surface area contributed by atoms with Gasteiger partial charge in [0.1, 0.15) is 0 Å². The van der Waals surface area contributed by atoms with Crippen molar-refractivity contribution in [3.63, 3.8) is 0 Å². The van der Waals surface area contributed by atoms with E-state index in [-0.39, 0.29) is 5.91 Å². The fourth-order valence-electron chi connectivity index (χ4n) is 1.35. The number of nitrogens with zero attached hydrogens (tertiary/aromatic N) is 2. The molecule has 1 amide bonds. The highest BCUT2D eigenvalue weighted by molar-refractivity contribution is 6.38. The molecule has 0 radical (unpaired) electrons. The number of carbonyl (C=O) groups is 1. The topological polar surface area (TPSA) is 54.4 Å². The predicted octanol–water partition coefficient (Wildman–Crippen LogP) is 3.15. The maximum absolute atomic E-state index is 11.7. The maximum atomic E-state index is 11.7. The van der Waals surface area contributed by atoms with Crippen molar-refractivity contribution in [3.05, 3.63) is 63.9 Å². The molecule has 6 heteroatoms. The molecule has 1 aromatic heterocycles. The van der Waals surface area contributed by atoms with Crippen molar-refractivity contribution >= 4 is 35.3 Å². The molecule has 0 spiro atoms. The number of amides is 1. The highest BCUT2D eigenvalue weighted by atomic mass is 35.5. The Hall–Kier alpha value is -1.91. The van der Waals surface area contributed by atoms with Gasteiger partial charge >= 0.3 is 0 Å². The van der Waals surface area contributed by atoms with E-state index in [4.69, 9.17) is 23.2 Å². The van der Waals surface area contributed by atoms with Crippen molar-refractivity contribution in [2.75, 3.05) is 0 Å². The number of benzene rings is 1. The third-order valence-corrected chi connectivity index (χ3v) is 2.94. The quantitative estimate of drug-likeness (QED) is 0.698. The third kappa shape index (κ3) is 3.53. The molecule has 1 aromatic carbocycles. The van der Waals surface area contributed by atoms with Crippen molar-refractivity contribution in [3.8, 4) is 0 Å². The monoisotopic (exact) mass is 293 g/mol. The average Bonchev–Trinajstić information content (AvgIpc) is 2.43. The molecule has 0 saturated carbocycles. The number of hydrogen-bond acceptors (Lipinski definition) is 3. The van der Waals surface area contributed by atoms with Gasteiger partial charge in [0.25, 0.3) is 5.91 Å². The van der Waals surface area contributed by atoms with E-state index < -0.39 is 0 Å². The summed E-state index contributed by atoms with van der Waals surface area (Å²) in [4.78, 5) is 15.5. The molecule has 0 unspecified atom stereocenters. The Morgan fingerprint density at radius 3 is 2.58 bits per heavy atom. The van der Waals surface area contributed by atoms with Crippen LogP contribution in [-0.4, -0.2) is 17.1 Å². The molecule has 0 atom stereocenters. The average molecular weight is 294 g/mol. The van der Waals surface area contributed by atoms with Crippen molar-refractivity contribution in [2.45, 2.75) is 0 Å². The SMILES string of the molecule is O=C(N/N=C/c1c(Cl)cccc1Cl)c1cccnc1. The van der Waals surface area contributed by atoms with Crippen LogP contribution in [0.5, 0.6) is 0 Å². The van der Waals surface area contributed by atoms with Gasteiger partial charge < -0.3 is 0 Å². The summed E-state index contributed by atoms with van der Waals surface area (Å²) in [6, 6.07) is 8.43. The minimum absolute atomic E-state index is 0.354. The van der Waals surface area contributed by atoms with Crippen LogP contribution in [0.3, 0.4) is 0 Å². The maximum Gasteiger partial charge on any atom is 0.272 e. The van der Waals surface area contributed by atoms with Crippen LogP contribution in [0.2, 0.25) is 10.0 Å². The number of pyridine rings is 1. The normalized spacial score (nSPS) is 10.6. The molecular formula is C13H9Cl2N3O. The summed E-state index contributed by atoms with van der Waals surface area (Å²) in [6.07, 6.45) is 4.44. The number of halogens is 2. The molecular weight excluding hydrogens is 285 g/mol. The predicted molar refractivity (Wildman–Crippen MR) is 75.8 cm³/mol. The smallest absolute Gasteiger partial charge is 0.267 e. The Balaban J connectivity index is 2.07. The lowest BCUT2D eigenvalue weighted by Gasteiger charge is -2.01. The fraction of sp³-hybridized carbons (Fsp3) is 0. The summed E-state index contributed by atoms with van der Waals surface area (Å²) in [6.45, 7) is 0. The highest BCUT2D eigenvalue weighted by Crippen LogP contribution is 2.21. The number of hydrogen-bond donors (Lipinski definition) is 1. The second-order valence-electron chi connectivity index (χ2n) is 3.58. The molecule has 0 aliphatic carbocycles. The largest absolute Gasteiger partial charge is 0.272 e. The van der Waals surface area contributed by atoms with Gasteiger partial charge in [-0.2, -0.15) is 5.10 Å². The zero-order chi connectivity index (χ0) is 13.7. The Labute approximate surface area is 120 Å². The fourth-order valence-corrected chi connectivity index (χ4v) is 1.85. The van der Waals surface area contributed by atoms with Crippen LogP contribution in [0.4, 0.5) is 0 Å². The van der Waals surface area contributed by atoms with E-state index in [9.17, 15) is 4.79 Å². The van der Waals surface area contributed by atoms with Gasteiger partial charge in [-0.15, -0.1) is 0 Å². The molecule has 0 saturated heterocycles. The molecule has 2 rings (SSSR count). The van der Waals surface area contributed by atoms with Crippen LogP contribution < -0.4 is 5.43 Å². The van der Waals surface area contributed by atoms with E-state index in [1.807, 2.05) is 0 Å². The van der Waals surface area contributed by atoms with Gasteiger partial charge in [-0.1, -0.05) is 29.3 Å². The van der Waals surface area contributed by atoms with Gasteiger partial charge in [0.15, 0.2) is 0 Å². The lowest BCUT2D eigenvalue weighted by molar-refractivity contribution is 0.0955. The summed E-state index contributed by atoms with van der Waals surface area (Å²) in [7, 11) is 0. The second-order valence-corrected chi connectivity index (χ2v) is 4.39. The van der Waals surface area contributed by atoms with E-state index >= 15 is 0 Å². The van der Waals surface area contributed by atoms with Crippen LogP contribution in [0.25, 0.3) is 0 Å².